The van der Waals surface area contributed by atoms with Gasteiger partial charge in [-0.05, 0) is 56.3 Å². The third-order valence-corrected chi connectivity index (χ3v) is 6.70. The largest absolute Gasteiger partial charge is 0.390 e. The van der Waals surface area contributed by atoms with Crippen LogP contribution in [0.2, 0.25) is 0 Å². The molecule has 4 fully saturated rings. The summed E-state index contributed by atoms with van der Waals surface area (Å²) in [5, 5.41) is 30.7. The van der Waals surface area contributed by atoms with Gasteiger partial charge in [-0.25, -0.2) is 0 Å². The molecule has 122 valence electrons. The molecule has 0 aromatic carbocycles. The average Bonchev–Trinajstić information content (AvgIpc) is 3.39. The van der Waals surface area contributed by atoms with Gasteiger partial charge >= 0.3 is 0 Å². The second-order valence-electron chi connectivity index (χ2n) is 8.31. The summed E-state index contributed by atoms with van der Waals surface area (Å²) < 4.78 is 0. The van der Waals surface area contributed by atoms with Crippen molar-refractivity contribution in [2.24, 2.45) is 29.4 Å². The van der Waals surface area contributed by atoms with E-state index in [4.69, 9.17) is 5.73 Å². The van der Waals surface area contributed by atoms with Crippen molar-refractivity contribution < 1.29 is 10.2 Å². The number of nitriles is 1. The fraction of sp³-hybridized carbons (Fsp3) is 0.941. The average molecular weight is 305 g/mol. The molecular formula is C17H27N3O2. The van der Waals surface area contributed by atoms with Gasteiger partial charge in [0.05, 0.1) is 11.7 Å². The van der Waals surface area contributed by atoms with Gasteiger partial charge in [0.15, 0.2) is 0 Å². The quantitative estimate of drug-likeness (QED) is 0.699. The number of piperidine rings is 1. The maximum atomic E-state index is 10.7. The molecule has 0 amide bonds. The number of rotatable bonds is 5. The molecule has 22 heavy (non-hydrogen) atoms. The van der Waals surface area contributed by atoms with Crippen molar-refractivity contribution in [3.8, 4) is 6.07 Å². The minimum Gasteiger partial charge on any atom is -0.390 e. The van der Waals surface area contributed by atoms with Crippen LogP contribution in [0.25, 0.3) is 0 Å². The number of likely N-dealkylation sites (tertiary alicyclic amines) is 1. The summed E-state index contributed by atoms with van der Waals surface area (Å²) >= 11 is 0. The van der Waals surface area contributed by atoms with Crippen molar-refractivity contribution in [1.29, 1.82) is 5.26 Å². The predicted molar refractivity (Wildman–Crippen MR) is 81.3 cm³/mol. The summed E-state index contributed by atoms with van der Waals surface area (Å²) in [6.07, 6.45) is 4.94. The number of hydrogen-bond acceptors (Lipinski definition) is 5. The highest BCUT2D eigenvalue weighted by Crippen LogP contribution is 2.56. The zero-order valence-corrected chi connectivity index (χ0v) is 13.2. The highest BCUT2D eigenvalue weighted by molar-refractivity contribution is 5.14. The summed E-state index contributed by atoms with van der Waals surface area (Å²) in [4.78, 5) is 1.94. The zero-order valence-electron chi connectivity index (χ0n) is 13.2. The lowest BCUT2D eigenvalue weighted by Crippen LogP contribution is -2.56. The molecule has 9 atom stereocenters. The Bertz CT molecular complexity index is 507. The number of aliphatic hydroxyl groups is 2. The van der Waals surface area contributed by atoms with Crippen molar-refractivity contribution >= 4 is 0 Å². The molecule has 0 spiro atoms. The Balaban J connectivity index is 1.40. The second kappa shape index (κ2) is 4.91. The van der Waals surface area contributed by atoms with Gasteiger partial charge in [0.25, 0.3) is 0 Å². The van der Waals surface area contributed by atoms with Crippen molar-refractivity contribution in [1.82, 2.24) is 4.90 Å². The van der Waals surface area contributed by atoms with E-state index in [0.29, 0.717) is 24.3 Å². The fourth-order valence-corrected chi connectivity index (χ4v) is 4.77. The van der Waals surface area contributed by atoms with Crippen LogP contribution in [0.4, 0.5) is 0 Å². The Labute approximate surface area is 132 Å². The van der Waals surface area contributed by atoms with Gasteiger partial charge < -0.3 is 15.9 Å². The number of nitrogens with two attached hydrogens (primary N) is 1. The SMILES string of the molecule is CC1C[C@H]1CC1(O)C[C@H]1[C@H](N)C(O)N1C2C[C@H]2CC[C@H]1C#N. The van der Waals surface area contributed by atoms with Gasteiger partial charge in [0.2, 0.25) is 0 Å². The van der Waals surface area contributed by atoms with E-state index >= 15 is 0 Å². The first-order chi connectivity index (χ1) is 10.4. The lowest BCUT2D eigenvalue weighted by atomic mass is 9.98. The van der Waals surface area contributed by atoms with Gasteiger partial charge in [-0.2, -0.15) is 5.26 Å². The summed E-state index contributed by atoms with van der Waals surface area (Å²) in [6.45, 7) is 2.22. The Kier molecular flexibility index (Phi) is 3.32. The molecule has 0 bridgehead atoms. The molecule has 4 rings (SSSR count). The second-order valence-corrected chi connectivity index (χ2v) is 8.31. The van der Waals surface area contributed by atoms with E-state index in [1.54, 1.807) is 0 Å². The smallest absolute Gasteiger partial charge is 0.124 e. The summed E-state index contributed by atoms with van der Waals surface area (Å²) in [7, 11) is 0. The first kappa shape index (κ1) is 14.9. The van der Waals surface area contributed by atoms with Crippen LogP contribution in [0, 0.1) is 35.0 Å². The molecule has 3 aliphatic carbocycles. The van der Waals surface area contributed by atoms with E-state index < -0.39 is 17.9 Å². The Morgan fingerprint density at radius 2 is 2.14 bits per heavy atom. The number of hydrogen-bond donors (Lipinski definition) is 3. The van der Waals surface area contributed by atoms with E-state index in [-0.39, 0.29) is 12.0 Å². The fourth-order valence-electron chi connectivity index (χ4n) is 4.77. The molecule has 3 saturated carbocycles. The summed E-state index contributed by atoms with van der Waals surface area (Å²) in [5.74, 6) is 1.98. The highest BCUT2D eigenvalue weighted by Gasteiger charge is 2.61. The minimum absolute atomic E-state index is 0.0197. The van der Waals surface area contributed by atoms with Crippen LogP contribution in [0.1, 0.15) is 45.4 Å². The van der Waals surface area contributed by atoms with E-state index in [2.05, 4.69) is 13.0 Å². The van der Waals surface area contributed by atoms with Crippen LogP contribution in [0.3, 0.4) is 0 Å². The molecule has 0 radical (unpaired) electrons. The Morgan fingerprint density at radius 1 is 1.41 bits per heavy atom. The normalized spacial score (nSPS) is 52.3. The molecule has 4 unspecified atom stereocenters. The van der Waals surface area contributed by atoms with Crippen LogP contribution in [0.5, 0.6) is 0 Å². The molecule has 1 saturated heterocycles. The first-order valence-corrected chi connectivity index (χ1v) is 8.77. The van der Waals surface area contributed by atoms with E-state index in [1.165, 1.54) is 6.42 Å². The lowest BCUT2D eigenvalue weighted by molar-refractivity contribution is -0.0592. The van der Waals surface area contributed by atoms with Gasteiger partial charge in [-0.1, -0.05) is 6.92 Å². The number of fused-ring (bicyclic) bond motifs is 1. The van der Waals surface area contributed by atoms with E-state index in [1.807, 2.05) is 4.90 Å². The van der Waals surface area contributed by atoms with Gasteiger partial charge in [0, 0.05) is 18.0 Å². The highest BCUT2D eigenvalue weighted by atomic mass is 16.3. The topological polar surface area (TPSA) is 93.5 Å². The van der Waals surface area contributed by atoms with Crippen molar-refractivity contribution in [2.45, 2.75) is 75.4 Å². The molecule has 0 aromatic heterocycles. The molecule has 4 N–H and O–H groups in total. The summed E-state index contributed by atoms with van der Waals surface area (Å²) in [6, 6.07) is 1.98. The van der Waals surface area contributed by atoms with Crippen LogP contribution >= 0.6 is 0 Å². The molecule has 0 aromatic rings. The third kappa shape index (κ3) is 2.37. The number of aliphatic hydroxyl groups excluding tert-OH is 1. The predicted octanol–water partition coefficient (Wildman–Crippen LogP) is 0.806. The van der Waals surface area contributed by atoms with Gasteiger partial charge in [-0.15, -0.1) is 0 Å². The van der Waals surface area contributed by atoms with Crippen molar-refractivity contribution in [3.05, 3.63) is 0 Å². The van der Waals surface area contributed by atoms with Crippen LogP contribution < -0.4 is 5.73 Å². The number of nitrogens with zero attached hydrogens (tertiary/aromatic N) is 2. The van der Waals surface area contributed by atoms with Gasteiger partial charge in [0.1, 0.15) is 12.3 Å². The van der Waals surface area contributed by atoms with Crippen molar-refractivity contribution in [3.63, 3.8) is 0 Å². The Morgan fingerprint density at radius 3 is 2.77 bits per heavy atom. The zero-order chi connectivity index (χ0) is 15.6. The third-order valence-electron chi connectivity index (χ3n) is 6.70. The van der Waals surface area contributed by atoms with Crippen LogP contribution in [-0.4, -0.2) is 45.1 Å². The maximum Gasteiger partial charge on any atom is 0.124 e. The van der Waals surface area contributed by atoms with E-state index in [0.717, 1.165) is 31.6 Å². The molecule has 5 heteroatoms. The van der Waals surface area contributed by atoms with Crippen molar-refractivity contribution in [2.75, 3.05) is 0 Å². The first-order valence-electron chi connectivity index (χ1n) is 8.77. The maximum absolute atomic E-state index is 10.7. The molecular weight excluding hydrogens is 278 g/mol. The Hall–Kier alpha value is -0.670. The monoisotopic (exact) mass is 305 g/mol. The lowest BCUT2D eigenvalue weighted by Gasteiger charge is -2.38. The van der Waals surface area contributed by atoms with Crippen LogP contribution in [-0.2, 0) is 0 Å². The minimum atomic E-state index is -0.796. The standard InChI is InChI=1S/C17H27N3O2/c1-9-4-11(9)6-17(22)7-13(17)15(19)16(21)20-12(8-18)3-2-10-5-14(10)20/h9-16,21-22H,2-7,19H2,1H3/t9?,10-,11+,12+,13+,14?,15+,16?,17?/m1/s1. The van der Waals surface area contributed by atoms with Crippen LogP contribution in [0.15, 0.2) is 0 Å². The molecule has 5 nitrogen and oxygen atoms in total. The summed E-state index contributed by atoms with van der Waals surface area (Å²) in [5.41, 5.74) is 5.63. The molecule has 4 aliphatic rings. The van der Waals surface area contributed by atoms with Gasteiger partial charge in [-0.3, -0.25) is 4.90 Å². The molecule has 1 aliphatic heterocycles. The molecule has 1 heterocycles. The van der Waals surface area contributed by atoms with E-state index in [9.17, 15) is 15.5 Å².